The van der Waals surface area contributed by atoms with E-state index in [1.54, 1.807) is 23.1 Å². The predicted molar refractivity (Wildman–Crippen MR) is 165 cm³/mol. The van der Waals surface area contributed by atoms with E-state index in [1.165, 1.54) is 13.2 Å². The van der Waals surface area contributed by atoms with Crippen LogP contribution in [0.5, 0.6) is 5.75 Å². The van der Waals surface area contributed by atoms with Crippen molar-refractivity contribution in [2.24, 2.45) is 0 Å². The van der Waals surface area contributed by atoms with E-state index in [0.717, 1.165) is 33.4 Å². The Morgan fingerprint density at radius 1 is 1.00 bits per heavy atom. The van der Waals surface area contributed by atoms with Gasteiger partial charge in [-0.15, -0.1) is 0 Å². The average molecular weight is 584 g/mol. The smallest absolute Gasteiger partial charge is 0.410 e. The fourth-order valence-electron chi connectivity index (χ4n) is 5.86. The number of halogens is 1. The number of nitrogens with zero attached hydrogens (tertiary/aromatic N) is 1. The van der Waals surface area contributed by atoms with E-state index >= 15 is 0 Å². The number of methoxy groups -OCH3 is 1. The molecule has 6 nitrogen and oxygen atoms in total. The van der Waals surface area contributed by atoms with Crippen molar-refractivity contribution in [2.75, 3.05) is 13.7 Å². The highest BCUT2D eigenvalue weighted by molar-refractivity contribution is 5.91. The number of benzene rings is 4. The van der Waals surface area contributed by atoms with E-state index < -0.39 is 17.7 Å². The monoisotopic (exact) mass is 583 g/mol. The first kappa shape index (κ1) is 30.1. The number of fused-ring (bicyclic) bond motifs is 2. The minimum Gasteiger partial charge on any atom is -0.488 e. The molecule has 0 aromatic heterocycles. The summed E-state index contributed by atoms with van der Waals surface area (Å²) in [6, 6.07) is 23.7. The quantitative estimate of drug-likeness (QED) is 0.214. The molecule has 1 unspecified atom stereocenters. The summed E-state index contributed by atoms with van der Waals surface area (Å²) in [5, 5.41) is 1.24. The number of hydrogen-bond acceptors (Lipinski definition) is 5. The molecule has 1 amide bonds. The first-order valence-electron chi connectivity index (χ1n) is 14.6. The van der Waals surface area contributed by atoms with Gasteiger partial charge in [-0.3, -0.25) is 4.90 Å². The summed E-state index contributed by atoms with van der Waals surface area (Å²) in [6.45, 7) is 9.56. The Hall–Kier alpha value is -4.39. The van der Waals surface area contributed by atoms with Crippen molar-refractivity contribution in [3.63, 3.8) is 0 Å². The van der Waals surface area contributed by atoms with Crippen LogP contribution in [0.25, 0.3) is 10.8 Å². The maximum absolute atomic E-state index is 14.7. The van der Waals surface area contributed by atoms with Crippen LogP contribution in [0.1, 0.15) is 78.7 Å². The van der Waals surface area contributed by atoms with E-state index in [0.29, 0.717) is 17.4 Å². The van der Waals surface area contributed by atoms with Gasteiger partial charge in [0, 0.05) is 16.9 Å². The van der Waals surface area contributed by atoms with Gasteiger partial charge in [-0.05, 0) is 81.3 Å². The molecule has 1 heterocycles. The number of carbonyl (C=O) groups excluding carboxylic acids is 2. The van der Waals surface area contributed by atoms with Gasteiger partial charge in [0.05, 0.1) is 25.3 Å². The van der Waals surface area contributed by atoms with Crippen LogP contribution in [0.15, 0.2) is 78.9 Å². The molecule has 224 valence electrons. The van der Waals surface area contributed by atoms with Gasteiger partial charge in [-0.25, -0.2) is 14.0 Å². The van der Waals surface area contributed by atoms with Crippen LogP contribution in [-0.4, -0.2) is 42.3 Å². The van der Waals surface area contributed by atoms with E-state index in [2.05, 4.69) is 0 Å². The number of amides is 1. The summed E-state index contributed by atoms with van der Waals surface area (Å²) in [4.78, 5) is 27.9. The molecule has 7 heteroatoms. The Morgan fingerprint density at radius 3 is 2.42 bits per heavy atom. The van der Waals surface area contributed by atoms with Gasteiger partial charge in [0.15, 0.2) is 0 Å². The van der Waals surface area contributed by atoms with Crippen LogP contribution in [0.4, 0.5) is 9.18 Å². The summed E-state index contributed by atoms with van der Waals surface area (Å²) in [6.07, 6.45) is -0.295. The molecule has 0 aliphatic carbocycles. The lowest BCUT2D eigenvalue weighted by Gasteiger charge is -2.38. The molecule has 0 spiro atoms. The molecule has 43 heavy (non-hydrogen) atoms. The minimum atomic E-state index is -0.714. The highest BCUT2D eigenvalue weighted by Crippen LogP contribution is 2.42. The number of hydrogen-bond donors (Lipinski definition) is 0. The van der Waals surface area contributed by atoms with Gasteiger partial charge in [0.1, 0.15) is 23.3 Å². The summed E-state index contributed by atoms with van der Waals surface area (Å²) in [5.74, 6) is -0.0445. The van der Waals surface area contributed by atoms with Crippen molar-refractivity contribution in [1.29, 1.82) is 0 Å². The summed E-state index contributed by atoms with van der Waals surface area (Å²) < 4.78 is 32.1. The molecule has 1 aliphatic heterocycles. The number of rotatable bonds is 6. The van der Waals surface area contributed by atoms with Gasteiger partial charge in [-0.2, -0.15) is 0 Å². The lowest BCUT2D eigenvalue weighted by Crippen LogP contribution is -2.45. The molecular weight excluding hydrogens is 545 g/mol. The maximum atomic E-state index is 14.7. The van der Waals surface area contributed by atoms with Crippen molar-refractivity contribution in [1.82, 2.24) is 4.90 Å². The zero-order chi connectivity index (χ0) is 30.9. The van der Waals surface area contributed by atoms with Gasteiger partial charge in [0.2, 0.25) is 0 Å². The molecule has 0 saturated carbocycles. The molecule has 0 bridgehead atoms. The zero-order valence-electron chi connectivity index (χ0n) is 25.5. The van der Waals surface area contributed by atoms with E-state index in [9.17, 15) is 14.0 Å². The van der Waals surface area contributed by atoms with Crippen LogP contribution in [0, 0.1) is 12.7 Å². The standard InChI is InChI=1S/C36H38FNO5/c1-22-15-16-24(19-30(22)34(39)41-6)31-20-25(42-33-14-10-9-13-29(31)33)21-38(35(40)43-36(3,4)5)23(2)26-17-18-32(37)28-12-8-7-11-27(26)28/h7-19,23,25,31H,20-21H2,1-6H3/t23-,25-,31?/m1/s1. The van der Waals surface area contributed by atoms with Gasteiger partial charge in [-0.1, -0.05) is 60.7 Å². The second kappa shape index (κ2) is 12.1. The molecule has 0 N–H and O–H groups in total. The first-order valence-corrected chi connectivity index (χ1v) is 14.6. The van der Waals surface area contributed by atoms with Crippen molar-refractivity contribution in [3.05, 3.63) is 112 Å². The molecule has 1 aliphatic rings. The largest absolute Gasteiger partial charge is 0.488 e. The molecule has 0 saturated heterocycles. The van der Waals surface area contributed by atoms with E-state index in [-0.39, 0.29) is 30.4 Å². The van der Waals surface area contributed by atoms with Crippen LogP contribution >= 0.6 is 0 Å². The number of ether oxygens (including phenoxy) is 3. The summed E-state index contributed by atoms with van der Waals surface area (Å²) >= 11 is 0. The third-order valence-corrected chi connectivity index (χ3v) is 8.01. The Balaban J connectivity index is 1.53. The van der Waals surface area contributed by atoms with Crippen LogP contribution in [-0.2, 0) is 9.47 Å². The Morgan fingerprint density at radius 2 is 1.70 bits per heavy atom. The first-order chi connectivity index (χ1) is 20.5. The number of esters is 1. The maximum Gasteiger partial charge on any atom is 0.410 e. The molecule has 3 atom stereocenters. The summed E-state index contributed by atoms with van der Waals surface area (Å²) in [5.41, 5.74) is 3.44. The zero-order valence-corrected chi connectivity index (χ0v) is 25.5. The van der Waals surface area contributed by atoms with Crippen molar-refractivity contribution in [3.8, 4) is 5.75 Å². The minimum absolute atomic E-state index is 0.0820. The predicted octanol–water partition coefficient (Wildman–Crippen LogP) is 8.36. The SMILES string of the molecule is COC(=O)c1cc(C2C[C@H](CN(C(=O)OC(C)(C)C)[C@H](C)c3ccc(F)c4ccccc34)Oc3ccccc32)ccc1C. The third kappa shape index (κ3) is 6.36. The third-order valence-electron chi connectivity index (χ3n) is 8.01. The second-order valence-corrected chi connectivity index (χ2v) is 12.1. The van der Waals surface area contributed by atoms with Crippen LogP contribution in [0.3, 0.4) is 0 Å². The molecule has 5 rings (SSSR count). The summed E-state index contributed by atoms with van der Waals surface area (Å²) in [7, 11) is 1.38. The highest BCUT2D eigenvalue weighted by Gasteiger charge is 2.35. The molecular formula is C36H38FNO5. The average Bonchev–Trinajstić information content (AvgIpc) is 2.98. The Labute approximate surface area is 252 Å². The van der Waals surface area contributed by atoms with Crippen LogP contribution < -0.4 is 4.74 Å². The van der Waals surface area contributed by atoms with Crippen molar-refractivity contribution >= 4 is 22.8 Å². The lowest BCUT2D eigenvalue weighted by atomic mass is 9.83. The Kier molecular flexibility index (Phi) is 8.45. The van der Waals surface area contributed by atoms with Crippen molar-refractivity contribution in [2.45, 2.75) is 64.7 Å². The van der Waals surface area contributed by atoms with E-state index in [4.69, 9.17) is 14.2 Å². The second-order valence-electron chi connectivity index (χ2n) is 12.1. The molecule has 0 radical (unpaired) electrons. The normalized spacial score (nSPS) is 17.0. The van der Waals surface area contributed by atoms with Crippen molar-refractivity contribution < 1.29 is 28.2 Å². The van der Waals surface area contributed by atoms with Gasteiger partial charge < -0.3 is 14.2 Å². The fourth-order valence-corrected chi connectivity index (χ4v) is 5.86. The lowest BCUT2D eigenvalue weighted by molar-refractivity contribution is 0.00569. The number of para-hydroxylation sites is 1. The van der Waals surface area contributed by atoms with Gasteiger partial charge in [0.25, 0.3) is 0 Å². The number of carbonyl (C=O) groups is 2. The Bertz CT molecular complexity index is 1660. The van der Waals surface area contributed by atoms with Crippen LogP contribution in [0.2, 0.25) is 0 Å². The molecule has 0 fully saturated rings. The molecule has 4 aromatic rings. The molecule has 4 aromatic carbocycles. The topological polar surface area (TPSA) is 65.1 Å². The number of aryl methyl sites for hydroxylation is 1. The fraction of sp³-hybridized carbons (Fsp3) is 0.333. The van der Waals surface area contributed by atoms with Gasteiger partial charge >= 0.3 is 12.1 Å². The highest BCUT2D eigenvalue weighted by atomic mass is 19.1. The van der Waals surface area contributed by atoms with E-state index in [1.807, 2.05) is 89.2 Å².